The Morgan fingerprint density at radius 1 is 1.05 bits per heavy atom. The molecular formula is C14H16N4O2. The number of benzene rings is 1. The molecule has 3 rings (SSSR count). The number of amides is 3. The summed E-state index contributed by atoms with van der Waals surface area (Å²) in [5.41, 5.74) is 6.76. The predicted octanol–water partition coefficient (Wildman–Crippen LogP) is 1.00. The van der Waals surface area contributed by atoms with Crippen molar-refractivity contribution in [1.82, 2.24) is 14.8 Å². The summed E-state index contributed by atoms with van der Waals surface area (Å²) in [5, 5.41) is 1.02. The maximum absolute atomic E-state index is 12.4. The Hall–Kier alpha value is -2.50. The van der Waals surface area contributed by atoms with E-state index in [9.17, 15) is 9.59 Å². The number of hydrogen-bond donors (Lipinski definition) is 2. The van der Waals surface area contributed by atoms with Crippen LogP contribution in [0.5, 0.6) is 0 Å². The number of primary amides is 1. The lowest BCUT2D eigenvalue weighted by molar-refractivity contribution is 0.0665. The number of aromatic amines is 1. The molecule has 0 unspecified atom stereocenters. The molecule has 2 heterocycles. The predicted molar refractivity (Wildman–Crippen MR) is 75.4 cm³/mol. The summed E-state index contributed by atoms with van der Waals surface area (Å²) in [4.78, 5) is 29.9. The van der Waals surface area contributed by atoms with Gasteiger partial charge < -0.3 is 20.5 Å². The summed E-state index contributed by atoms with van der Waals surface area (Å²) in [5.74, 6) is -0.0367. The number of H-pyrrole nitrogens is 1. The summed E-state index contributed by atoms with van der Waals surface area (Å²) in [6.45, 7) is 2.00. The van der Waals surface area contributed by atoms with E-state index in [0.717, 1.165) is 10.9 Å². The maximum atomic E-state index is 12.4. The topological polar surface area (TPSA) is 82.4 Å². The number of para-hydroxylation sites is 1. The molecule has 1 saturated heterocycles. The van der Waals surface area contributed by atoms with Crippen LogP contribution < -0.4 is 5.73 Å². The smallest absolute Gasteiger partial charge is 0.314 e. The van der Waals surface area contributed by atoms with Gasteiger partial charge in [0.05, 0.1) is 0 Å². The minimum atomic E-state index is -0.428. The van der Waals surface area contributed by atoms with Gasteiger partial charge in [-0.3, -0.25) is 4.79 Å². The van der Waals surface area contributed by atoms with E-state index in [1.807, 2.05) is 30.3 Å². The zero-order chi connectivity index (χ0) is 14.1. The van der Waals surface area contributed by atoms with E-state index in [1.54, 1.807) is 9.80 Å². The number of aromatic nitrogens is 1. The number of carbonyl (C=O) groups is 2. The van der Waals surface area contributed by atoms with E-state index in [2.05, 4.69) is 4.98 Å². The van der Waals surface area contributed by atoms with E-state index in [-0.39, 0.29) is 5.91 Å². The average molecular weight is 272 g/mol. The molecule has 1 aliphatic rings. The molecule has 3 amide bonds. The van der Waals surface area contributed by atoms with Crippen LogP contribution in [-0.2, 0) is 0 Å². The molecule has 1 aromatic heterocycles. The van der Waals surface area contributed by atoms with Crippen LogP contribution in [0.1, 0.15) is 10.5 Å². The average Bonchev–Trinajstić information content (AvgIpc) is 2.90. The first kappa shape index (κ1) is 12.5. The van der Waals surface area contributed by atoms with Gasteiger partial charge in [0.2, 0.25) is 0 Å². The van der Waals surface area contributed by atoms with Gasteiger partial charge in [0, 0.05) is 37.1 Å². The first-order valence-electron chi connectivity index (χ1n) is 6.56. The molecule has 3 N–H and O–H groups in total. The monoisotopic (exact) mass is 272 g/mol. The van der Waals surface area contributed by atoms with Crippen LogP contribution in [0.3, 0.4) is 0 Å². The zero-order valence-corrected chi connectivity index (χ0v) is 11.0. The third-order valence-corrected chi connectivity index (χ3v) is 3.64. The Balaban J connectivity index is 1.75. The number of nitrogens with two attached hydrogens (primary N) is 1. The van der Waals surface area contributed by atoms with Crippen molar-refractivity contribution in [3.63, 3.8) is 0 Å². The molecule has 2 aromatic rings. The summed E-state index contributed by atoms with van der Waals surface area (Å²) in [7, 11) is 0. The van der Waals surface area contributed by atoms with Gasteiger partial charge in [-0.25, -0.2) is 4.79 Å². The zero-order valence-electron chi connectivity index (χ0n) is 11.0. The molecule has 0 aliphatic carbocycles. The van der Waals surface area contributed by atoms with Crippen molar-refractivity contribution in [3.05, 3.63) is 36.0 Å². The normalized spacial score (nSPS) is 15.6. The molecule has 0 spiro atoms. The van der Waals surface area contributed by atoms with Crippen LogP contribution >= 0.6 is 0 Å². The van der Waals surface area contributed by atoms with Crippen LogP contribution in [0, 0.1) is 0 Å². The second kappa shape index (κ2) is 4.88. The van der Waals surface area contributed by atoms with Gasteiger partial charge in [-0.05, 0) is 12.1 Å². The number of carbonyl (C=O) groups excluding carboxylic acids is 2. The highest BCUT2D eigenvalue weighted by atomic mass is 16.2. The number of fused-ring (bicyclic) bond motifs is 1. The van der Waals surface area contributed by atoms with Gasteiger partial charge in [-0.2, -0.15) is 0 Å². The summed E-state index contributed by atoms with van der Waals surface area (Å²) in [6.07, 6.45) is 0. The Kier molecular flexibility index (Phi) is 3.06. The number of urea groups is 1. The Bertz CT molecular complexity index is 623. The standard InChI is InChI=1S/C14H16N4O2/c15-14(20)18-7-5-17(6-8-18)13(19)12-9-10-3-1-2-4-11(10)16-12/h1-4,9,16H,5-8H2,(H2,15,20). The fourth-order valence-electron chi connectivity index (χ4n) is 2.49. The van der Waals surface area contributed by atoms with E-state index >= 15 is 0 Å². The molecular weight excluding hydrogens is 256 g/mol. The lowest BCUT2D eigenvalue weighted by Gasteiger charge is -2.33. The second-order valence-corrected chi connectivity index (χ2v) is 4.89. The number of nitrogens with zero attached hydrogens (tertiary/aromatic N) is 2. The molecule has 1 aliphatic heterocycles. The van der Waals surface area contributed by atoms with Crippen molar-refractivity contribution in [2.45, 2.75) is 0 Å². The highest BCUT2D eigenvalue weighted by Gasteiger charge is 2.24. The van der Waals surface area contributed by atoms with E-state index in [4.69, 9.17) is 5.73 Å². The van der Waals surface area contributed by atoms with Gasteiger partial charge in [0.1, 0.15) is 5.69 Å². The van der Waals surface area contributed by atoms with Gasteiger partial charge in [-0.1, -0.05) is 18.2 Å². The van der Waals surface area contributed by atoms with Crippen LogP contribution in [0.15, 0.2) is 30.3 Å². The maximum Gasteiger partial charge on any atom is 0.314 e. The molecule has 6 heteroatoms. The summed E-state index contributed by atoms with van der Waals surface area (Å²) in [6, 6.07) is 9.21. The van der Waals surface area contributed by atoms with Gasteiger partial charge in [-0.15, -0.1) is 0 Å². The van der Waals surface area contributed by atoms with Gasteiger partial charge >= 0.3 is 6.03 Å². The molecule has 1 fully saturated rings. The molecule has 1 aromatic carbocycles. The van der Waals surface area contributed by atoms with Crippen molar-refractivity contribution < 1.29 is 9.59 Å². The molecule has 104 valence electrons. The third kappa shape index (κ3) is 2.20. The van der Waals surface area contributed by atoms with E-state index in [1.165, 1.54) is 0 Å². The molecule has 0 atom stereocenters. The Morgan fingerprint density at radius 2 is 1.70 bits per heavy atom. The van der Waals surface area contributed by atoms with Crippen LogP contribution in [0.25, 0.3) is 10.9 Å². The van der Waals surface area contributed by atoms with Crippen molar-refractivity contribution >= 4 is 22.8 Å². The number of hydrogen-bond acceptors (Lipinski definition) is 2. The van der Waals surface area contributed by atoms with Crippen LogP contribution in [-0.4, -0.2) is 52.9 Å². The quantitative estimate of drug-likeness (QED) is 0.812. The Labute approximate surface area is 116 Å². The van der Waals surface area contributed by atoms with Crippen molar-refractivity contribution in [2.75, 3.05) is 26.2 Å². The molecule has 0 saturated carbocycles. The highest BCUT2D eigenvalue weighted by Crippen LogP contribution is 2.16. The van der Waals surface area contributed by atoms with Crippen molar-refractivity contribution in [2.24, 2.45) is 5.73 Å². The largest absolute Gasteiger partial charge is 0.351 e. The first-order valence-corrected chi connectivity index (χ1v) is 6.56. The molecule has 20 heavy (non-hydrogen) atoms. The first-order chi connectivity index (χ1) is 9.65. The minimum absolute atomic E-state index is 0.0367. The van der Waals surface area contributed by atoms with Crippen LogP contribution in [0.4, 0.5) is 4.79 Å². The lowest BCUT2D eigenvalue weighted by Crippen LogP contribution is -2.52. The third-order valence-electron chi connectivity index (χ3n) is 3.64. The van der Waals surface area contributed by atoms with Crippen LogP contribution in [0.2, 0.25) is 0 Å². The fourth-order valence-corrected chi connectivity index (χ4v) is 2.49. The molecule has 0 radical (unpaired) electrons. The van der Waals surface area contributed by atoms with E-state index in [0.29, 0.717) is 31.9 Å². The summed E-state index contributed by atoms with van der Waals surface area (Å²) < 4.78 is 0. The SMILES string of the molecule is NC(=O)N1CCN(C(=O)c2cc3ccccc3[nH]2)CC1. The molecule has 6 nitrogen and oxygen atoms in total. The minimum Gasteiger partial charge on any atom is -0.351 e. The number of nitrogens with one attached hydrogen (secondary N) is 1. The highest BCUT2D eigenvalue weighted by molar-refractivity contribution is 5.98. The van der Waals surface area contributed by atoms with Crippen molar-refractivity contribution in [1.29, 1.82) is 0 Å². The second-order valence-electron chi connectivity index (χ2n) is 4.89. The Morgan fingerprint density at radius 3 is 2.35 bits per heavy atom. The fraction of sp³-hybridized carbons (Fsp3) is 0.286. The van der Waals surface area contributed by atoms with Gasteiger partial charge in [0.25, 0.3) is 5.91 Å². The van der Waals surface area contributed by atoms with Crippen molar-refractivity contribution in [3.8, 4) is 0 Å². The lowest BCUT2D eigenvalue weighted by atomic mass is 10.2. The van der Waals surface area contributed by atoms with Gasteiger partial charge in [0.15, 0.2) is 0 Å². The summed E-state index contributed by atoms with van der Waals surface area (Å²) >= 11 is 0. The molecule has 0 bridgehead atoms. The van der Waals surface area contributed by atoms with E-state index < -0.39 is 6.03 Å². The number of piperazine rings is 1. The number of rotatable bonds is 1.